The molecule has 0 aliphatic rings. The van der Waals surface area contributed by atoms with E-state index in [0.29, 0.717) is 5.92 Å². The molecule has 0 aromatic carbocycles. The van der Waals surface area contributed by atoms with Gasteiger partial charge in [-0.3, -0.25) is 0 Å². The summed E-state index contributed by atoms with van der Waals surface area (Å²) in [7, 11) is 2.00. The van der Waals surface area contributed by atoms with Crippen LogP contribution in [0, 0.1) is 0 Å². The molecule has 11 heavy (non-hydrogen) atoms. The molecule has 0 spiro atoms. The van der Waals surface area contributed by atoms with Crippen LogP contribution in [0.4, 0.5) is 0 Å². The summed E-state index contributed by atoms with van der Waals surface area (Å²) < 4.78 is 0. The Labute approximate surface area is 72.4 Å². The molecule has 1 nitrogen and oxygen atoms in total. The monoisotopic (exact) mass is 169 g/mol. The van der Waals surface area contributed by atoms with Gasteiger partial charge >= 0.3 is 0 Å². The summed E-state index contributed by atoms with van der Waals surface area (Å²) in [6, 6.07) is 4.33. The molecule has 0 fully saturated rings. The Kier molecular flexibility index (Phi) is 3.60. The molecule has 0 saturated carbocycles. The van der Waals surface area contributed by atoms with Crippen LogP contribution < -0.4 is 5.32 Å². The Hall–Kier alpha value is -0.340. The third kappa shape index (κ3) is 2.64. The minimum atomic E-state index is 0.711. The highest BCUT2D eigenvalue weighted by Crippen LogP contribution is 2.22. The maximum Gasteiger partial charge on any atom is 0.00739 e. The van der Waals surface area contributed by atoms with Crippen LogP contribution in [0.1, 0.15) is 24.1 Å². The first-order valence-electron chi connectivity index (χ1n) is 4.02. The van der Waals surface area contributed by atoms with Gasteiger partial charge in [-0.05, 0) is 37.4 Å². The lowest BCUT2D eigenvalue weighted by Gasteiger charge is -2.07. The van der Waals surface area contributed by atoms with Crippen molar-refractivity contribution >= 4 is 11.3 Å². The van der Waals surface area contributed by atoms with Crippen LogP contribution in [0.2, 0.25) is 0 Å². The summed E-state index contributed by atoms with van der Waals surface area (Å²) >= 11 is 1.85. The van der Waals surface area contributed by atoms with Gasteiger partial charge in [0.1, 0.15) is 0 Å². The molecule has 0 unspecified atom stereocenters. The van der Waals surface area contributed by atoms with Gasteiger partial charge in [-0.15, -0.1) is 11.3 Å². The van der Waals surface area contributed by atoms with E-state index in [1.54, 1.807) is 0 Å². The SMILES string of the molecule is CNCC[C@@H](C)c1cccs1. The van der Waals surface area contributed by atoms with Crippen molar-refractivity contribution in [1.29, 1.82) is 0 Å². The van der Waals surface area contributed by atoms with Gasteiger partial charge in [0, 0.05) is 4.88 Å². The smallest absolute Gasteiger partial charge is 0.00739 e. The van der Waals surface area contributed by atoms with Crippen molar-refractivity contribution in [3.05, 3.63) is 22.4 Å². The molecule has 0 aliphatic carbocycles. The lowest BCUT2D eigenvalue weighted by atomic mass is 10.1. The van der Waals surface area contributed by atoms with Gasteiger partial charge in [-0.2, -0.15) is 0 Å². The Morgan fingerprint density at radius 2 is 2.45 bits per heavy atom. The van der Waals surface area contributed by atoms with E-state index in [4.69, 9.17) is 0 Å². The fourth-order valence-corrected chi connectivity index (χ4v) is 1.90. The van der Waals surface area contributed by atoms with Gasteiger partial charge in [-0.25, -0.2) is 0 Å². The van der Waals surface area contributed by atoms with E-state index in [1.165, 1.54) is 11.3 Å². The van der Waals surface area contributed by atoms with Gasteiger partial charge in [0.05, 0.1) is 0 Å². The first-order valence-corrected chi connectivity index (χ1v) is 4.90. The molecule has 0 radical (unpaired) electrons. The van der Waals surface area contributed by atoms with Crippen molar-refractivity contribution in [3.8, 4) is 0 Å². The number of rotatable bonds is 4. The molecule has 1 N–H and O–H groups in total. The largest absolute Gasteiger partial charge is 0.320 e. The van der Waals surface area contributed by atoms with Crippen LogP contribution in [0.3, 0.4) is 0 Å². The van der Waals surface area contributed by atoms with Crippen molar-refractivity contribution in [1.82, 2.24) is 5.32 Å². The molecule has 1 aromatic rings. The second-order valence-corrected chi connectivity index (χ2v) is 3.79. The summed E-state index contributed by atoms with van der Waals surface area (Å²) in [5.41, 5.74) is 0. The molecule has 1 heterocycles. The van der Waals surface area contributed by atoms with E-state index in [9.17, 15) is 0 Å². The minimum absolute atomic E-state index is 0.711. The molecule has 62 valence electrons. The Balaban J connectivity index is 2.36. The lowest BCUT2D eigenvalue weighted by Crippen LogP contribution is -2.10. The average Bonchev–Trinajstić information content (AvgIpc) is 2.52. The van der Waals surface area contributed by atoms with Crippen molar-refractivity contribution in [2.45, 2.75) is 19.3 Å². The van der Waals surface area contributed by atoms with Crippen LogP contribution in [0.25, 0.3) is 0 Å². The van der Waals surface area contributed by atoms with Crippen LogP contribution in [0.15, 0.2) is 17.5 Å². The molecule has 1 rings (SSSR count). The number of hydrogen-bond acceptors (Lipinski definition) is 2. The molecule has 1 atom stereocenters. The van der Waals surface area contributed by atoms with Crippen LogP contribution in [-0.4, -0.2) is 13.6 Å². The first-order chi connectivity index (χ1) is 5.34. The molecule has 0 bridgehead atoms. The lowest BCUT2D eigenvalue weighted by molar-refractivity contribution is 0.644. The van der Waals surface area contributed by atoms with E-state index >= 15 is 0 Å². The second kappa shape index (κ2) is 4.52. The van der Waals surface area contributed by atoms with Crippen molar-refractivity contribution in [2.24, 2.45) is 0 Å². The zero-order chi connectivity index (χ0) is 8.10. The van der Waals surface area contributed by atoms with Crippen molar-refractivity contribution < 1.29 is 0 Å². The zero-order valence-electron chi connectivity index (χ0n) is 7.13. The molecule has 2 heteroatoms. The van der Waals surface area contributed by atoms with Crippen LogP contribution in [0.5, 0.6) is 0 Å². The van der Waals surface area contributed by atoms with E-state index < -0.39 is 0 Å². The predicted octanol–water partition coefficient (Wildman–Crippen LogP) is 2.46. The summed E-state index contributed by atoms with van der Waals surface area (Å²) in [4.78, 5) is 1.50. The molecular formula is C9H15NS. The number of thiophene rings is 1. The topological polar surface area (TPSA) is 12.0 Å². The minimum Gasteiger partial charge on any atom is -0.320 e. The van der Waals surface area contributed by atoms with Gasteiger partial charge in [0.2, 0.25) is 0 Å². The van der Waals surface area contributed by atoms with Crippen molar-refractivity contribution in [3.63, 3.8) is 0 Å². The second-order valence-electron chi connectivity index (χ2n) is 2.81. The Morgan fingerprint density at radius 1 is 1.64 bits per heavy atom. The van der Waals surface area contributed by atoms with E-state index in [2.05, 4.69) is 29.8 Å². The number of hydrogen-bond donors (Lipinski definition) is 1. The van der Waals surface area contributed by atoms with Gasteiger partial charge < -0.3 is 5.32 Å². The number of nitrogens with one attached hydrogen (secondary N) is 1. The van der Waals surface area contributed by atoms with Crippen molar-refractivity contribution in [2.75, 3.05) is 13.6 Å². The van der Waals surface area contributed by atoms with Gasteiger partial charge in [-0.1, -0.05) is 13.0 Å². The molecule has 1 aromatic heterocycles. The quantitative estimate of drug-likeness (QED) is 0.730. The van der Waals surface area contributed by atoms with Crippen LogP contribution >= 0.6 is 11.3 Å². The third-order valence-corrected chi connectivity index (χ3v) is 2.96. The highest BCUT2D eigenvalue weighted by molar-refractivity contribution is 7.10. The summed E-state index contributed by atoms with van der Waals surface area (Å²) in [6.07, 6.45) is 1.23. The fourth-order valence-electron chi connectivity index (χ4n) is 1.07. The van der Waals surface area contributed by atoms with Crippen LogP contribution in [-0.2, 0) is 0 Å². The zero-order valence-corrected chi connectivity index (χ0v) is 7.95. The Bertz CT molecular complexity index is 181. The molecular weight excluding hydrogens is 154 g/mol. The van der Waals surface area contributed by atoms with E-state index in [-0.39, 0.29) is 0 Å². The Morgan fingerprint density at radius 3 is 3.00 bits per heavy atom. The highest BCUT2D eigenvalue weighted by Gasteiger charge is 2.04. The molecule has 0 saturated heterocycles. The van der Waals surface area contributed by atoms with Gasteiger partial charge in [0.15, 0.2) is 0 Å². The summed E-state index contributed by atoms with van der Waals surface area (Å²) in [5.74, 6) is 0.711. The molecule has 0 aliphatic heterocycles. The maximum atomic E-state index is 3.17. The molecule has 0 amide bonds. The van der Waals surface area contributed by atoms with E-state index in [0.717, 1.165) is 6.54 Å². The van der Waals surface area contributed by atoms with E-state index in [1.807, 2.05) is 18.4 Å². The summed E-state index contributed by atoms with van der Waals surface area (Å²) in [5, 5.41) is 5.31. The first kappa shape index (κ1) is 8.75. The third-order valence-electron chi connectivity index (χ3n) is 1.86. The average molecular weight is 169 g/mol. The standard InChI is InChI=1S/C9H15NS/c1-8(5-6-10-2)9-4-3-7-11-9/h3-4,7-8,10H,5-6H2,1-2H3/t8-/m1/s1. The highest BCUT2D eigenvalue weighted by atomic mass is 32.1. The summed E-state index contributed by atoms with van der Waals surface area (Å²) in [6.45, 7) is 3.39. The normalized spacial score (nSPS) is 13.3. The fraction of sp³-hybridized carbons (Fsp3) is 0.556. The predicted molar refractivity (Wildman–Crippen MR) is 51.3 cm³/mol. The van der Waals surface area contributed by atoms with Gasteiger partial charge in [0.25, 0.3) is 0 Å². The maximum absolute atomic E-state index is 3.17.